The maximum Gasteiger partial charge on any atom is 0.244 e. The molecule has 4 rings (SSSR count). The van der Waals surface area contributed by atoms with Crippen molar-refractivity contribution in [2.24, 2.45) is 0 Å². The topological polar surface area (TPSA) is 105 Å². The van der Waals surface area contributed by atoms with Crippen LogP contribution in [0.5, 0.6) is 11.5 Å². The van der Waals surface area contributed by atoms with Crippen molar-refractivity contribution >= 4 is 39.1 Å². The molecule has 1 atom stereocenters. The van der Waals surface area contributed by atoms with Gasteiger partial charge >= 0.3 is 0 Å². The Hall–Kier alpha value is -2.98. The lowest BCUT2D eigenvalue weighted by molar-refractivity contribution is -0.139. The molecule has 0 aromatic heterocycles. The minimum absolute atomic E-state index is 0.0393. The number of carbonyl (C=O) groups is 2. The van der Waals surface area contributed by atoms with E-state index in [1.54, 1.807) is 43.3 Å². The van der Waals surface area contributed by atoms with Crippen LogP contribution in [0.3, 0.4) is 0 Å². The van der Waals surface area contributed by atoms with Gasteiger partial charge in [-0.25, -0.2) is 8.42 Å². The average Bonchev–Trinajstić information content (AvgIpc) is 3.51. The Kier molecular flexibility index (Phi) is 7.94. The normalized spacial score (nSPS) is 16.0. The summed E-state index contributed by atoms with van der Waals surface area (Å²) < 4.78 is 37.1. The third-order valence-electron chi connectivity index (χ3n) is 6.43. The summed E-state index contributed by atoms with van der Waals surface area (Å²) in [5.74, 6) is 0.102. The summed E-state index contributed by atoms with van der Waals surface area (Å²) in [5, 5.41) is 3.53. The summed E-state index contributed by atoms with van der Waals surface area (Å²) in [6, 6.07) is 10.9. The lowest BCUT2D eigenvalue weighted by Crippen LogP contribution is -2.52. The van der Waals surface area contributed by atoms with Crippen LogP contribution in [0.4, 0.5) is 5.69 Å². The van der Waals surface area contributed by atoms with E-state index in [1.165, 1.54) is 11.0 Å². The van der Waals surface area contributed by atoms with E-state index in [4.69, 9.17) is 21.1 Å². The summed E-state index contributed by atoms with van der Waals surface area (Å²) >= 11 is 6.14. The van der Waals surface area contributed by atoms with Crippen LogP contribution in [0.25, 0.3) is 0 Å². The zero-order chi connectivity index (χ0) is 25.9. The molecule has 0 bridgehead atoms. The second-order valence-corrected chi connectivity index (χ2v) is 11.5. The van der Waals surface area contributed by atoms with Gasteiger partial charge in [-0.3, -0.25) is 13.9 Å². The number of hydrogen-bond donors (Lipinski definition) is 1. The predicted octanol–water partition coefficient (Wildman–Crippen LogP) is 3.31. The van der Waals surface area contributed by atoms with Gasteiger partial charge < -0.3 is 19.7 Å². The van der Waals surface area contributed by atoms with E-state index in [1.807, 2.05) is 0 Å². The fraction of sp³-hybridized carbons (Fsp3) is 0.440. The molecule has 11 heteroatoms. The van der Waals surface area contributed by atoms with Crippen LogP contribution < -0.4 is 19.1 Å². The van der Waals surface area contributed by atoms with Crippen molar-refractivity contribution in [1.29, 1.82) is 0 Å². The molecule has 36 heavy (non-hydrogen) atoms. The highest BCUT2D eigenvalue weighted by molar-refractivity contribution is 7.92. The SMILES string of the molecule is C[C@H](C(=O)NC1CCCC1)N(Cc1cccc(Cl)c1)C(=O)CN(c1ccc2c(c1)OCO2)S(C)(=O)=O. The Labute approximate surface area is 216 Å². The Bertz CT molecular complexity index is 1230. The molecule has 9 nitrogen and oxygen atoms in total. The highest BCUT2D eigenvalue weighted by Crippen LogP contribution is 2.36. The Balaban J connectivity index is 1.59. The van der Waals surface area contributed by atoms with Gasteiger partial charge in [0.1, 0.15) is 12.6 Å². The van der Waals surface area contributed by atoms with Gasteiger partial charge in [-0.1, -0.05) is 36.6 Å². The summed E-state index contributed by atoms with van der Waals surface area (Å²) in [7, 11) is -3.84. The fourth-order valence-corrected chi connectivity index (χ4v) is 5.51. The van der Waals surface area contributed by atoms with Crippen molar-refractivity contribution < 1.29 is 27.5 Å². The molecule has 194 valence electrons. The van der Waals surface area contributed by atoms with E-state index in [0.29, 0.717) is 16.5 Å². The molecule has 0 spiro atoms. The number of sulfonamides is 1. The molecule has 0 radical (unpaired) electrons. The number of rotatable bonds is 9. The molecule has 1 heterocycles. The third-order valence-corrected chi connectivity index (χ3v) is 7.81. The van der Waals surface area contributed by atoms with Crippen molar-refractivity contribution in [3.8, 4) is 11.5 Å². The van der Waals surface area contributed by atoms with E-state index in [0.717, 1.165) is 41.8 Å². The van der Waals surface area contributed by atoms with Crippen molar-refractivity contribution in [2.75, 3.05) is 23.9 Å². The summed E-state index contributed by atoms with van der Waals surface area (Å²) in [6.45, 7) is 1.30. The molecule has 2 aromatic carbocycles. The van der Waals surface area contributed by atoms with Crippen LogP contribution in [0.2, 0.25) is 5.02 Å². The monoisotopic (exact) mass is 535 g/mol. The van der Waals surface area contributed by atoms with Crippen LogP contribution in [-0.4, -0.2) is 56.8 Å². The molecule has 1 N–H and O–H groups in total. The predicted molar refractivity (Wildman–Crippen MR) is 137 cm³/mol. The second kappa shape index (κ2) is 11.0. The number of carbonyl (C=O) groups excluding carboxylic acids is 2. The van der Waals surface area contributed by atoms with E-state index in [-0.39, 0.29) is 31.0 Å². The van der Waals surface area contributed by atoms with Gasteiger partial charge in [-0.2, -0.15) is 0 Å². The van der Waals surface area contributed by atoms with Crippen LogP contribution in [0, 0.1) is 0 Å². The number of ether oxygens (including phenoxy) is 2. The lowest BCUT2D eigenvalue weighted by atomic mass is 10.1. The zero-order valence-electron chi connectivity index (χ0n) is 20.3. The molecule has 1 aliphatic carbocycles. The smallest absolute Gasteiger partial charge is 0.244 e. The van der Waals surface area contributed by atoms with Gasteiger partial charge in [0.15, 0.2) is 11.5 Å². The van der Waals surface area contributed by atoms with Gasteiger partial charge in [-0.05, 0) is 49.6 Å². The quantitative estimate of drug-likeness (QED) is 0.528. The molecule has 1 fully saturated rings. The van der Waals surface area contributed by atoms with Crippen LogP contribution >= 0.6 is 11.6 Å². The van der Waals surface area contributed by atoms with Gasteiger partial charge in [0, 0.05) is 23.7 Å². The highest BCUT2D eigenvalue weighted by atomic mass is 35.5. The van der Waals surface area contributed by atoms with E-state index in [9.17, 15) is 18.0 Å². The first-order valence-electron chi connectivity index (χ1n) is 11.8. The molecule has 2 amide bonds. The maximum atomic E-state index is 13.6. The number of anilines is 1. The van der Waals surface area contributed by atoms with Gasteiger partial charge in [-0.15, -0.1) is 0 Å². The third kappa shape index (κ3) is 6.22. The van der Waals surface area contributed by atoms with Crippen molar-refractivity contribution in [3.05, 3.63) is 53.1 Å². The standard InChI is InChI=1S/C25H30ClN3O6S/c1-17(25(31)27-20-8-3-4-9-20)28(14-18-6-5-7-19(26)12-18)24(30)15-29(36(2,32)33)21-10-11-22-23(13-21)35-16-34-22/h5-7,10-13,17,20H,3-4,8-9,14-16H2,1-2H3,(H,27,31)/t17-/m1/s1. The van der Waals surface area contributed by atoms with Crippen LogP contribution in [0.1, 0.15) is 38.2 Å². The van der Waals surface area contributed by atoms with Crippen molar-refractivity contribution in [1.82, 2.24) is 10.2 Å². The van der Waals surface area contributed by atoms with Crippen molar-refractivity contribution in [3.63, 3.8) is 0 Å². The fourth-order valence-electron chi connectivity index (χ4n) is 4.46. The van der Waals surface area contributed by atoms with Gasteiger partial charge in [0.2, 0.25) is 28.6 Å². The number of benzene rings is 2. The van der Waals surface area contributed by atoms with E-state index < -0.39 is 28.5 Å². The lowest BCUT2D eigenvalue weighted by Gasteiger charge is -2.32. The number of fused-ring (bicyclic) bond motifs is 1. The Morgan fingerprint density at radius 3 is 2.53 bits per heavy atom. The summed E-state index contributed by atoms with van der Waals surface area (Å²) in [6.07, 6.45) is 4.97. The molecule has 2 aliphatic rings. The number of amides is 2. The molecule has 1 aliphatic heterocycles. The van der Waals surface area contributed by atoms with E-state index in [2.05, 4.69) is 5.32 Å². The minimum Gasteiger partial charge on any atom is -0.454 e. The number of nitrogens with zero attached hydrogens (tertiary/aromatic N) is 2. The molecule has 0 saturated heterocycles. The molecule has 1 saturated carbocycles. The second-order valence-electron chi connectivity index (χ2n) is 9.12. The average molecular weight is 536 g/mol. The Morgan fingerprint density at radius 1 is 1.11 bits per heavy atom. The summed E-state index contributed by atoms with van der Waals surface area (Å²) in [4.78, 5) is 28.1. The van der Waals surface area contributed by atoms with Gasteiger partial charge in [0.25, 0.3) is 0 Å². The largest absolute Gasteiger partial charge is 0.454 e. The molecular formula is C25H30ClN3O6S. The first-order valence-corrected chi connectivity index (χ1v) is 14.1. The maximum absolute atomic E-state index is 13.6. The molecule has 0 unspecified atom stereocenters. The first-order chi connectivity index (χ1) is 17.1. The Morgan fingerprint density at radius 2 is 1.83 bits per heavy atom. The number of nitrogens with one attached hydrogen (secondary N) is 1. The molecular weight excluding hydrogens is 506 g/mol. The van der Waals surface area contributed by atoms with Crippen molar-refractivity contribution in [2.45, 2.75) is 51.2 Å². The minimum atomic E-state index is -3.84. The zero-order valence-corrected chi connectivity index (χ0v) is 21.8. The first kappa shape index (κ1) is 26.1. The van der Waals surface area contributed by atoms with Gasteiger partial charge in [0.05, 0.1) is 11.9 Å². The van der Waals surface area contributed by atoms with E-state index >= 15 is 0 Å². The van der Waals surface area contributed by atoms with Crippen LogP contribution in [0.15, 0.2) is 42.5 Å². The summed E-state index contributed by atoms with van der Waals surface area (Å²) in [5.41, 5.74) is 0.992. The highest BCUT2D eigenvalue weighted by Gasteiger charge is 2.32. The number of halogens is 1. The molecule has 2 aromatic rings. The number of hydrogen-bond acceptors (Lipinski definition) is 6. The van der Waals surface area contributed by atoms with Crippen LogP contribution in [-0.2, 0) is 26.2 Å².